The van der Waals surface area contributed by atoms with Crippen LogP contribution in [0, 0.1) is 5.92 Å². The summed E-state index contributed by atoms with van der Waals surface area (Å²) >= 11 is 0. The minimum Gasteiger partial charge on any atom is -0.497 e. The van der Waals surface area contributed by atoms with Gasteiger partial charge in [0.15, 0.2) is 11.5 Å². The fraction of sp³-hybridized carbons (Fsp3) is 0.429. The average Bonchev–Trinajstić information content (AvgIpc) is 3.59. The molecule has 8 nitrogen and oxygen atoms in total. The first kappa shape index (κ1) is 19.2. The molecule has 0 unspecified atom stereocenters. The third-order valence-electron chi connectivity index (χ3n) is 5.37. The average molecular weight is 395 g/mol. The Morgan fingerprint density at radius 2 is 1.97 bits per heavy atom. The van der Waals surface area contributed by atoms with Gasteiger partial charge in [-0.05, 0) is 43.7 Å². The van der Waals surface area contributed by atoms with Crippen molar-refractivity contribution in [3.8, 4) is 5.75 Å². The first-order valence-corrected chi connectivity index (χ1v) is 9.96. The molecule has 29 heavy (non-hydrogen) atoms. The number of hydrogen-bond donors (Lipinski definition) is 2. The van der Waals surface area contributed by atoms with Crippen molar-refractivity contribution in [2.24, 2.45) is 5.92 Å². The molecule has 2 N–H and O–H groups in total. The third-order valence-corrected chi connectivity index (χ3v) is 5.37. The summed E-state index contributed by atoms with van der Waals surface area (Å²) in [6, 6.07) is 7.74. The summed E-state index contributed by atoms with van der Waals surface area (Å²) in [5, 5.41) is 13.7. The van der Waals surface area contributed by atoms with E-state index in [4.69, 9.17) is 4.74 Å². The zero-order chi connectivity index (χ0) is 20.4. The highest BCUT2D eigenvalue weighted by atomic mass is 16.5. The summed E-state index contributed by atoms with van der Waals surface area (Å²) in [6.45, 7) is 0.728. The second-order valence-corrected chi connectivity index (χ2v) is 7.41. The van der Waals surface area contributed by atoms with E-state index in [1.807, 2.05) is 12.1 Å². The molecule has 1 saturated carbocycles. The molecule has 0 atom stereocenters. The molecule has 1 aromatic heterocycles. The number of aryl methyl sites for hydroxylation is 1. The van der Waals surface area contributed by atoms with Crippen LogP contribution in [-0.2, 0) is 11.2 Å². The zero-order valence-electron chi connectivity index (χ0n) is 16.7. The number of carbonyl (C=O) groups excluding carboxylic acids is 2. The lowest BCUT2D eigenvalue weighted by atomic mass is 10.1. The van der Waals surface area contributed by atoms with Crippen LogP contribution in [0.5, 0.6) is 5.75 Å². The smallest absolute Gasteiger partial charge is 0.273 e. The van der Waals surface area contributed by atoms with Crippen LogP contribution in [0.3, 0.4) is 0 Å². The van der Waals surface area contributed by atoms with Crippen LogP contribution in [0.4, 0.5) is 17.2 Å². The molecule has 1 aromatic carbocycles. The molecule has 2 amide bonds. The zero-order valence-corrected chi connectivity index (χ0v) is 16.7. The van der Waals surface area contributed by atoms with Crippen molar-refractivity contribution in [2.75, 3.05) is 30.9 Å². The second kappa shape index (κ2) is 8.06. The fourth-order valence-electron chi connectivity index (χ4n) is 3.59. The maximum absolute atomic E-state index is 12.5. The molecule has 8 heteroatoms. The molecule has 0 radical (unpaired) electrons. The normalized spacial score (nSPS) is 15.9. The Hall–Kier alpha value is -3.16. The molecular weight excluding hydrogens is 370 g/mol. The number of amides is 2. The van der Waals surface area contributed by atoms with Gasteiger partial charge in [-0.25, -0.2) is 0 Å². The van der Waals surface area contributed by atoms with Crippen molar-refractivity contribution in [1.29, 1.82) is 0 Å². The predicted octanol–water partition coefficient (Wildman–Crippen LogP) is 2.67. The van der Waals surface area contributed by atoms with Gasteiger partial charge in [0.25, 0.3) is 5.91 Å². The number of nitrogens with zero attached hydrogens (tertiary/aromatic N) is 3. The number of anilines is 3. The van der Waals surface area contributed by atoms with Crippen LogP contribution in [0.15, 0.2) is 24.3 Å². The van der Waals surface area contributed by atoms with Gasteiger partial charge >= 0.3 is 0 Å². The van der Waals surface area contributed by atoms with Crippen LogP contribution < -0.4 is 20.3 Å². The van der Waals surface area contributed by atoms with E-state index in [0.29, 0.717) is 11.5 Å². The fourth-order valence-corrected chi connectivity index (χ4v) is 3.59. The van der Waals surface area contributed by atoms with Gasteiger partial charge < -0.3 is 20.3 Å². The molecule has 0 bridgehead atoms. The molecule has 1 aliphatic carbocycles. The first-order valence-electron chi connectivity index (χ1n) is 9.96. The van der Waals surface area contributed by atoms with Crippen LogP contribution in [0.25, 0.3) is 0 Å². The van der Waals surface area contributed by atoms with Crippen molar-refractivity contribution in [3.05, 3.63) is 35.5 Å². The van der Waals surface area contributed by atoms with Crippen LogP contribution in [-0.4, -0.2) is 42.7 Å². The van der Waals surface area contributed by atoms with Gasteiger partial charge in [0.1, 0.15) is 5.75 Å². The van der Waals surface area contributed by atoms with Crippen molar-refractivity contribution in [1.82, 2.24) is 15.5 Å². The number of ether oxygens (including phenoxy) is 1. The van der Waals surface area contributed by atoms with Crippen molar-refractivity contribution in [3.63, 3.8) is 0 Å². The molecule has 4 rings (SSSR count). The van der Waals surface area contributed by atoms with Gasteiger partial charge in [-0.3, -0.25) is 9.59 Å². The number of benzene rings is 1. The standard InChI is InChI=1S/C21H25N5O3/c1-22-21(28)19-17(12-18(24-25-19)23-20(27)14-6-7-14)26-10-4-3-5-13-8-9-15(29-2)11-16(13)26/h8-9,11-12,14H,3-7,10H2,1-2H3,(H,22,28)(H,23,24,27). The molecule has 0 spiro atoms. The first-order chi connectivity index (χ1) is 14.1. The number of aromatic nitrogens is 2. The highest BCUT2D eigenvalue weighted by Gasteiger charge is 2.31. The molecule has 1 aliphatic heterocycles. The molecule has 152 valence electrons. The van der Waals surface area contributed by atoms with Gasteiger partial charge in [0, 0.05) is 37.3 Å². The van der Waals surface area contributed by atoms with E-state index in [1.165, 1.54) is 5.56 Å². The Balaban J connectivity index is 1.78. The van der Waals surface area contributed by atoms with Gasteiger partial charge in [0.05, 0.1) is 12.8 Å². The number of fused-ring (bicyclic) bond motifs is 1. The minimum absolute atomic E-state index is 0.0455. The topological polar surface area (TPSA) is 96.4 Å². The minimum atomic E-state index is -0.318. The lowest BCUT2D eigenvalue weighted by Crippen LogP contribution is -2.27. The van der Waals surface area contributed by atoms with Gasteiger partial charge in [0.2, 0.25) is 5.91 Å². The molecule has 1 fully saturated rings. The van der Waals surface area contributed by atoms with E-state index in [-0.39, 0.29) is 23.4 Å². The lowest BCUT2D eigenvalue weighted by Gasteiger charge is -2.27. The SMILES string of the molecule is CNC(=O)c1nnc(NC(=O)C2CC2)cc1N1CCCCc2ccc(OC)cc21. The molecule has 2 aromatic rings. The summed E-state index contributed by atoms with van der Waals surface area (Å²) in [7, 11) is 3.20. The Kier molecular flexibility index (Phi) is 5.33. The maximum Gasteiger partial charge on any atom is 0.273 e. The Morgan fingerprint density at radius 1 is 1.14 bits per heavy atom. The summed E-state index contributed by atoms with van der Waals surface area (Å²) in [4.78, 5) is 26.8. The van der Waals surface area contributed by atoms with E-state index in [1.54, 1.807) is 20.2 Å². The predicted molar refractivity (Wildman–Crippen MR) is 110 cm³/mol. The van der Waals surface area contributed by atoms with Crippen molar-refractivity contribution < 1.29 is 14.3 Å². The largest absolute Gasteiger partial charge is 0.497 e. The van der Waals surface area contributed by atoms with Crippen LogP contribution in [0.1, 0.15) is 41.7 Å². The van der Waals surface area contributed by atoms with Gasteiger partial charge in [-0.15, -0.1) is 10.2 Å². The Morgan fingerprint density at radius 3 is 2.69 bits per heavy atom. The van der Waals surface area contributed by atoms with Crippen LogP contribution >= 0.6 is 0 Å². The monoisotopic (exact) mass is 395 g/mol. The summed E-state index contributed by atoms with van der Waals surface area (Å²) in [5.41, 5.74) is 3.03. The maximum atomic E-state index is 12.5. The summed E-state index contributed by atoms with van der Waals surface area (Å²) in [6.07, 6.45) is 4.78. The van der Waals surface area contributed by atoms with Crippen molar-refractivity contribution >= 4 is 29.0 Å². The van der Waals surface area contributed by atoms with E-state index in [9.17, 15) is 9.59 Å². The Labute approximate surface area is 169 Å². The summed E-state index contributed by atoms with van der Waals surface area (Å²) in [5.74, 6) is 0.804. The molecule has 2 heterocycles. The van der Waals surface area contributed by atoms with E-state index < -0.39 is 0 Å². The second-order valence-electron chi connectivity index (χ2n) is 7.41. The molecule has 2 aliphatic rings. The lowest BCUT2D eigenvalue weighted by molar-refractivity contribution is -0.117. The van der Waals surface area contributed by atoms with Crippen molar-refractivity contribution in [2.45, 2.75) is 32.1 Å². The number of methoxy groups -OCH3 is 1. The number of carbonyl (C=O) groups is 2. The number of nitrogens with one attached hydrogen (secondary N) is 2. The van der Waals surface area contributed by atoms with Crippen LogP contribution in [0.2, 0.25) is 0 Å². The van der Waals surface area contributed by atoms with E-state index in [0.717, 1.165) is 50.1 Å². The summed E-state index contributed by atoms with van der Waals surface area (Å²) < 4.78 is 5.42. The highest BCUT2D eigenvalue weighted by Crippen LogP contribution is 2.37. The third kappa shape index (κ3) is 4.01. The van der Waals surface area contributed by atoms with Gasteiger partial charge in [-0.2, -0.15) is 0 Å². The van der Waals surface area contributed by atoms with Gasteiger partial charge in [-0.1, -0.05) is 6.07 Å². The van der Waals surface area contributed by atoms with E-state index in [2.05, 4.69) is 31.8 Å². The van der Waals surface area contributed by atoms with E-state index >= 15 is 0 Å². The molecule has 0 saturated heterocycles. The highest BCUT2D eigenvalue weighted by molar-refractivity contribution is 6.00. The quantitative estimate of drug-likeness (QED) is 0.808. The number of rotatable bonds is 5. The number of hydrogen-bond acceptors (Lipinski definition) is 6. The molecular formula is C21H25N5O3. The Bertz CT molecular complexity index is 942.